The van der Waals surface area contributed by atoms with E-state index in [-0.39, 0.29) is 18.0 Å². The number of rotatable bonds is 5. The minimum Gasteiger partial charge on any atom is -0.497 e. The maximum Gasteiger partial charge on any atom is 0.167 e. The Bertz CT molecular complexity index is 601. The van der Waals surface area contributed by atoms with E-state index in [9.17, 15) is 9.18 Å². The molecular formula is C16H15FO3. The molecule has 104 valence electrons. The van der Waals surface area contributed by atoms with Crippen molar-refractivity contribution in [1.82, 2.24) is 0 Å². The van der Waals surface area contributed by atoms with Crippen LogP contribution in [0, 0.1) is 5.82 Å². The van der Waals surface area contributed by atoms with Gasteiger partial charge in [-0.05, 0) is 23.8 Å². The van der Waals surface area contributed by atoms with Crippen molar-refractivity contribution in [2.45, 2.75) is 6.42 Å². The summed E-state index contributed by atoms with van der Waals surface area (Å²) in [5.41, 5.74) is 0.809. The Morgan fingerprint density at radius 1 is 1.05 bits per heavy atom. The summed E-state index contributed by atoms with van der Waals surface area (Å²) < 4.78 is 23.8. The van der Waals surface area contributed by atoms with Crippen LogP contribution in [0.4, 0.5) is 4.39 Å². The summed E-state index contributed by atoms with van der Waals surface area (Å²) in [4.78, 5) is 12.2. The van der Waals surface area contributed by atoms with E-state index in [4.69, 9.17) is 9.47 Å². The number of hydrogen-bond donors (Lipinski definition) is 0. The van der Waals surface area contributed by atoms with E-state index in [2.05, 4.69) is 0 Å². The second-order valence-electron chi connectivity index (χ2n) is 4.29. The minimum atomic E-state index is -0.379. The van der Waals surface area contributed by atoms with E-state index < -0.39 is 0 Å². The molecule has 4 heteroatoms. The third-order valence-electron chi connectivity index (χ3n) is 2.98. The molecule has 2 rings (SSSR count). The Kier molecular flexibility index (Phi) is 4.35. The van der Waals surface area contributed by atoms with Crippen molar-refractivity contribution >= 4 is 5.78 Å². The summed E-state index contributed by atoms with van der Waals surface area (Å²) in [6.07, 6.45) is 0.00297. The Morgan fingerprint density at radius 2 is 1.65 bits per heavy atom. The average molecular weight is 274 g/mol. The molecule has 0 amide bonds. The van der Waals surface area contributed by atoms with Crippen LogP contribution >= 0.6 is 0 Å². The zero-order valence-corrected chi connectivity index (χ0v) is 11.4. The molecule has 0 N–H and O–H groups in total. The van der Waals surface area contributed by atoms with Gasteiger partial charge in [-0.15, -0.1) is 0 Å². The van der Waals surface area contributed by atoms with Crippen LogP contribution in [0.3, 0.4) is 0 Å². The van der Waals surface area contributed by atoms with E-state index in [1.54, 1.807) is 36.4 Å². The summed E-state index contributed by atoms with van der Waals surface area (Å²) >= 11 is 0. The van der Waals surface area contributed by atoms with Crippen LogP contribution < -0.4 is 9.47 Å². The first kappa shape index (κ1) is 14.1. The molecule has 20 heavy (non-hydrogen) atoms. The van der Waals surface area contributed by atoms with Crippen LogP contribution in [0.1, 0.15) is 15.9 Å². The van der Waals surface area contributed by atoms with Gasteiger partial charge in [-0.1, -0.05) is 18.2 Å². The van der Waals surface area contributed by atoms with Crippen LogP contribution in [0.5, 0.6) is 11.5 Å². The predicted octanol–water partition coefficient (Wildman–Crippen LogP) is 3.27. The lowest BCUT2D eigenvalue weighted by atomic mass is 10.0. The summed E-state index contributed by atoms with van der Waals surface area (Å²) in [5, 5.41) is 0. The van der Waals surface area contributed by atoms with Crippen molar-refractivity contribution in [3.05, 3.63) is 59.4 Å². The Hall–Kier alpha value is -2.36. The number of ether oxygens (including phenoxy) is 2. The SMILES string of the molecule is COc1cc(OC)cc(C(=O)Cc2ccccc2F)c1. The molecule has 0 aliphatic rings. The molecule has 0 radical (unpaired) electrons. The normalized spacial score (nSPS) is 10.2. The number of carbonyl (C=O) groups excluding carboxylic acids is 1. The third kappa shape index (κ3) is 3.15. The predicted molar refractivity (Wildman–Crippen MR) is 74.0 cm³/mol. The first-order valence-electron chi connectivity index (χ1n) is 6.13. The summed E-state index contributed by atoms with van der Waals surface area (Å²) in [7, 11) is 3.03. The highest BCUT2D eigenvalue weighted by Gasteiger charge is 2.12. The number of benzene rings is 2. The van der Waals surface area contributed by atoms with E-state index in [1.807, 2.05) is 0 Å². The quantitative estimate of drug-likeness (QED) is 0.785. The van der Waals surface area contributed by atoms with Gasteiger partial charge in [0.05, 0.1) is 14.2 Å². The molecule has 0 spiro atoms. The molecule has 0 fully saturated rings. The number of methoxy groups -OCH3 is 2. The molecule has 0 aromatic heterocycles. The van der Waals surface area contributed by atoms with Gasteiger partial charge in [-0.3, -0.25) is 4.79 Å². The maximum atomic E-state index is 13.6. The molecule has 0 atom stereocenters. The second kappa shape index (κ2) is 6.19. The summed E-state index contributed by atoms with van der Waals surface area (Å²) in [5.74, 6) is 0.491. The fourth-order valence-electron chi connectivity index (χ4n) is 1.89. The van der Waals surface area contributed by atoms with Gasteiger partial charge >= 0.3 is 0 Å². The minimum absolute atomic E-state index is 0.00297. The highest BCUT2D eigenvalue weighted by molar-refractivity contribution is 5.98. The molecule has 0 bridgehead atoms. The number of Topliss-reactive ketones (excluding diaryl/α,β-unsaturated/α-hetero) is 1. The lowest BCUT2D eigenvalue weighted by molar-refractivity contribution is 0.0991. The van der Waals surface area contributed by atoms with Crippen molar-refractivity contribution in [1.29, 1.82) is 0 Å². The van der Waals surface area contributed by atoms with E-state index in [0.29, 0.717) is 22.6 Å². The van der Waals surface area contributed by atoms with Crippen molar-refractivity contribution in [2.24, 2.45) is 0 Å². The van der Waals surface area contributed by atoms with Gasteiger partial charge in [0.1, 0.15) is 17.3 Å². The fraction of sp³-hybridized carbons (Fsp3) is 0.188. The largest absolute Gasteiger partial charge is 0.497 e. The van der Waals surface area contributed by atoms with Crippen LogP contribution in [0.2, 0.25) is 0 Å². The molecule has 2 aromatic carbocycles. The standard InChI is InChI=1S/C16H15FO3/c1-19-13-7-12(8-14(10-13)20-2)16(18)9-11-5-3-4-6-15(11)17/h3-8,10H,9H2,1-2H3. The van der Waals surface area contributed by atoms with Crippen molar-refractivity contribution in [3.8, 4) is 11.5 Å². The van der Waals surface area contributed by atoms with Crippen LogP contribution in [-0.4, -0.2) is 20.0 Å². The van der Waals surface area contributed by atoms with Gasteiger partial charge in [-0.25, -0.2) is 4.39 Å². The second-order valence-corrected chi connectivity index (χ2v) is 4.29. The number of carbonyl (C=O) groups is 1. The molecular weight excluding hydrogens is 259 g/mol. The van der Waals surface area contributed by atoms with Gasteiger partial charge in [0.15, 0.2) is 5.78 Å². The van der Waals surface area contributed by atoms with Crippen LogP contribution in [0.15, 0.2) is 42.5 Å². The summed E-state index contributed by atoms with van der Waals surface area (Å²) in [6.45, 7) is 0. The molecule has 0 aliphatic carbocycles. The van der Waals surface area contributed by atoms with E-state index in [1.165, 1.54) is 20.3 Å². The lowest BCUT2D eigenvalue weighted by Gasteiger charge is -2.08. The molecule has 3 nitrogen and oxygen atoms in total. The molecule has 0 saturated heterocycles. The maximum absolute atomic E-state index is 13.6. The topological polar surface area (TPSA) is 35.5 Å². The highest BCUT2D eigenvalue weighted by Crippen LogP contribution is 2.23. The smallest absolute Gasteiger partial charge is 0.167 e. The Balaban J connectivity index is 2.27. The zero-order chi connectivity index (χ0) is 14.5. The van der Waals surface area contributed by atoms with Gasteiger partial charge in [0, 0.05) is 18.1 Å². The monoisotopic (exact) mass is 274 g/mol. The van der Waals surface area contributed by atoms with Crippen molar-refractivity contribution in [3.63, 3.8) is 0 Å². The van der Waals surface area contributed by atoms with Gasteiger partial charge in [0.25, 0.3) is 0 Å². The highest BCUT2D eigenvalue weighted by atomic mass is 19.1. The van der Waals surface area contributed by atoms with Crippen molar-refractivity contribution < 1.29 is 18.7 Å². The number of ketones is 1. The molecule has 0 aliphatic heterocycles. The van der Waals surface area contributed by atoms with Crippen molar-refractivity contribution in [2.75, 3.05) is 14.2 Å². The van der Waals surface area contributed by atoms with E-state index >= 15 is 0 Å². The summed E-state index contributed by atoms with van der Waals surface area (Å²) in [6, 6.07) is 11.2. The fourth-order valence-corrected chi connectivity index (χ4v) is 1.89. The van der Waals surface area contributed by atoms with Crippen LogP contribution in [-0.2, 0) is 6.42 Å². The average Bonchev–Trinajstić information content (AvgIpc) is 2.48. The Morgan fingerprint density at radius 3 is 2.20 bits per heavy atom. The third-order valence-corrected chi connectivity index (χ3v) is 2.98. The molecule has 2 aromatic rings. The number of hydrogen-bond acceptors (Lipinski definition) is 3. The number of halogens is 1. The molecule has 0 unspecified atom stereocenters. The zero-order valence-electron chi connectivity index (χ0n) is 11.4. The first-order valence-corrected chi connectivity index (χ1v) is 6.13. The Labute approximate surface area is 117 Å². The van der Waals surface area contributed by atoms with Gasteiger partial charge in [0.2, 0.25) is 0 Å². The molecule has 0 heterocycles. The first-order chi connectivity index (χ1) is 9.63. The lowest BCUT2D eigenvalue weighted by Crippen LogP contribution is -2.06. The van der Waals surface area contributed by atoms with E-state index in [0.717, 1.165) is 0 Å². The van der Waals surface area contributed by atoms with Gasteiger partial charge < -0.3 is 9.47 Å². The van der Waals surface area contributed by atoms with Gasteiger partial charge in [-0.2, -0.15) is 0 Å². The molecule has 0 saturated carbocycles. The van der Waals surface area contributed by atoms with Crippen LogP contribution in [0.25, 0.3) is 0 Å².